The van der Waals surface area contributed by atoms with Gasteiger partial charge in [-0.05, 0) is 34.3 Å². The van der Waals surface area contributed by atoms with E-state index in [1.165, 1.54) is 16.3 Å². The average Bonchev–Trinajstić information content (AvgIpc) is 2.62. The summed E-state index contributed by atoms with van der Waals surface area (Å²) in [6, 6.07) is 9.97. The number of carbonyl (C=O) groups excluding carboxylic acids is 1. The summed E-state index contributed by atoms with van der Waals surface area (Å²) in [5, 5.41) is 3.04. The number of nitrogens with zero attached hydrogens (tertiary/aromatic N) is 2. The van der Waals surface area contributed by atoms with E-state index in [0.29, 0.717) is 17.8 Å². The Morgan fingerprint density at radius 1 is 1.32 bits per heavy atom. The van der Waals surface area contributed by atoms with Crippen LogP contribution in [0.5, 0.6) is 0 Å². The Morgan fingerprint density at radius 3 is 2.80 bits per heavy atom. The van der Waals surface area contributed by atoms with Crippen LogP contribution < -0.4 is 10.9 Å². The molecule has 2 aromatic rings. The molecule has 0 saturated carbocycles. The van der Waals surface area contributed by atoms with Gasteiger partial charge in [0, 0.05) is 6.54 Å². The molecule has 2 rings (SSSR count). The summed E-state index contributed by atoms with van der Waals surface area (Å²) < 4.78 is 6.87. The molecule has 0 spiro atoms. The van der Waals surface area contributed by atoms with Crippen molar-refractivity contribution in [3.8, 4) is 0 Å². The van der Waals surface area contributed by atoms with E-state index in [2.05, 4.69) is 26.2 Å². The first kappa shape index (κ1) is 19.2. The number of hydrogen-bond donors (Lipinski definition) is 1. The number of halogens is 1. The summed E-state index contributed by atoms with van der Waals surface area (Å²) in [6.07, 6.45) is 4.04. The van der Waals surface area contributed by atoms with Gasteiger partial charge >= 0.3 is 5.97 Å². The monoisotopic (exact) mass is 407 g/mol. The second kappa shape index (κ2) is 9.98. The van der Waals surface area contributed by atoms with Gasteiger partial charge in [-0.25, -0.2) is 4.98 Å². The largest absolute Gasteiger partial charge is 0.464 e. The SMILES string of the molecule is CCCCOC(=O)Cn1c(Br)cnc(NCCc2ccccc2)c1=O. The molecule has 1 aromatic carbocycles. The van der Waals surface area contributed by atoms with Crippen molar-refractivity contribution >= 4 is 27.7 Å². The Balaban J connectivity index is 1.98. The Morgan fingerprint density at radius 2 is 2.08 bits per heavy atom. The van der Waals surface area contributed by atoms with Crippen molar-refractivity contribution < 1.29 is 9.53 Å². The zero-order valence-corrected chi connectivity index (χ0v) is 15.8. The number of benzene rings is 1. The minimum atomic E-state index is -0.433. The lowest BCUT2D eigenvalue weighted by Crippen LogP contribution is -2.29. The molecule has 0 saturated heterocycles. The van der Waals surface area contributed by atoms with Crippen LogP contribution in [0.25, 0.3) is 0 Å². The average molecular weight is 408 g/mol. The fourth-order valence-corrected chi connectivity index (χ4v) is 2.60. The third kappa shape index (κ3) is 6.01. The number of esters is 1. The molecule has 25 heavy (non-hydrogen) atoms. The first-order valence-corrected chi connectivity index (χ1v) is 9.10. The lowest BCUT2D eigenvalue weighted by molar-refractivity contribution is -0.144. The fourth-order valence-electron chi connectivity index (χ4n) is 2.21. The smallest absolute Gasteiger partial charge is 0.326 e. The number of carbonyl (C=O) groups is 1. The van der Waals surface area contributed by atoms with Crippen LogP contribution in [0, 0.1) is 0 Å². The first-order valence-electron chi connectivity index (χ1n) is 8.30. The maximum absolute atomic E-state index is 12.5. The van der Waals surface area contributed by atoms with E-state index in [1.54, 1.807) is 0 Å². The minimum Gasteiger partial charge on any atom is -0.464 e. The molecule has 0 aliphatic rings. The van der Waals surface area contributed by atoms with Gasteiger partial charge in [0.05, 0.1) is 12.8 Å². The van der Waals surface area contributed by atoms with Gasteiger partial charge in [0.25, 0.3) is 5.56 Å². The Labute approximate surface area is 155 Å². The van der Waals surface area contributed by atoms with Crippen LogP contribution in [0.15, 0.2) is 45.9 Å². The molecular formula is C18H22BrN3O3. The van der Waals surface area contributed by atoms with E-state index in [4.69, 9.17) is 4.74 Å². The topological polar surface area (TPSA) is 73.2 Å². The molecule has 134 valence electrons. The molecule has 1 aromatic heterocycles. The van der Waals surface area contributed by atoms with Crippen LogP contribution in [0.1, 0.15) is 25.3 Å². The molecule has 0 atom stereocenters. The zero-order valence-electron chi connectivity index (χ0n) is 14.2. The van der Waals surface area contributed by atoms with Crippen molar-refractivity contribution in [1.82, 2.24) is 9.55 Å². The third-order valence-corrected chi connectivity index (χ3v) is 4.24. The Kier molecular flexibility index (Phi) is 7.66. The molecule has 6 nitrogen and oxygen atoms in total. The van der Waals surface area contributed by atoms with Crippen LogP contribution in [0.2, 0.25) is 0 Å². The maximum Gasteiger partial charge on any atom is 0.326 e. The Hall–Kier alpha value is -2.15. The van der Waals surface area contributed by atoms with Gasteiger partial charge in [-0.2, -0.15) is 0 Å². The van der Waals surface area contributed by atoms with Gasteiger partial charge in [0.2, 0.25) is 0 Å². The molecule has 0 bridgehead atoms. The van der Waals surface area contributed by atoms with E-state index in [1.807, 2.05) is 37.3 Å². The van der Waals surface area contributed by atoms with E-state index in [0.717, 1.165) is 19.3 Å². The van der Waals surface area contributed by atoms with E-state index < -0.39 is 5.97 Å². The number of hydrogen-bond acceptors (Lipinski definition) is 5. The molecule has 0 aliphatic heterocycles. The molecule has 0 fully saturated rings. The van der Waals surface area contributed by atoms with Crippen molar-refractivity contribution in [2.45, 2.75) is 32.7 Å². The predicted molar refractivity (Wildman–Crippen MR) is 101 cm³/mol. The van der Waals surface area contributed by atoms with Crippen LogP contribution in [-0.2, 0) is 22.5 Å². The van der Waals surface area contributed by atoms with Crippen molar-refractivity contribution in [2.24, 2.45) is 0 Å². The highest BCUT2D eigenvalue weighted by Gasteiger charge is 2.13. The minimum absolute atomic E-state index is 0.140. The summed E-state index contributed by atoms with van der Waals surface area (Å²) >= 11 is 3.26. The van der Waals surface area contributed by atoms with Gasteiger partial charge in [-0.3, -0.25) is 14.2 Å². The number of unbranched alkanes of at least 4 members (excludes halogenated alkanes) is 1. The van der Waals surface area contributed by atoms with Crippen molar-refractivity contribution in [2.75, 3.05) is 18.5 Å². The summed E-state index contributed by atoms with van der Waals surface area (Å²) in [6.45, 7) is 2.83. The second-order valence-electron chi connectivity index (χ2n) is 5.56. The van der Waals surface area contributed by atoms with Crippen LogP contribution in [0.4, 0.5) is 5.82 Å². The molecule has 0 amide bonds. The molecule has 1 heterocycles. The van der Waals surface area contributed by atoms with Gasteiger partial charge < -0.3 is 10.1 Å². The molecule has 0 radical (unpaired) electrons. The van der Waals surface area contributed by atoms with Crippen LogP contribution in [0.3, 0.4) is 0 Å². The highest BCUT2D eigenvalue weighted by atomic mass is 79.9. The number of anilines is 1. The maximum atomic E-state index is 12.5. The van der Waals surface area contributed by atoms with Gasteiger partial charge in [0.1, 0.15) is 11.1 Å². The van der Waals surface area contributed by atoms with Gasteiger partial charge in [-0.15, -0.1) is 0 Å². The highest BCUT2D eigenvalue weighted by molar-refractivity contribution is 9.10. The summed E-state index contributed by atoms with van der Waals surface area (Å²) in [7, 11) is 0. The molecule has 0 unspecified atom stereocenters. The lowest BCUT2D eigenvalue weighted by atomic mass is 10.1. The third-order valence-electron chi connectivity index (χ3n) is 3.60. The van der Waals surface area contributed by atoms with Crippen LogP contribution in [-0.4, -0.2) is 28.7 Å². The predicted octanol–water partition coefficient (Wildman–Crippen LogP) is 3.00. The summed E-state index contributed by atoms with van der Waals surface area (Å²) in [4.78, 5) is 28.5. The van der Waals surface area contributed by atoms with Crippen molar-refractivity contribution in [1.29, 1.82) is 0 Å². The fraction of sp³-hybridized carbons (Fsp3) is 0.389. The number of nitrogens with one attached hydrogen (secondary N) is 1. The molecule has 0 aliphatic carbocycles. The standard InChI is InChI=1S/C18H22BrN3O3/c1-2-3-11-25-16(23)13-22-15(19)12-21-17(18(22)24)20-10-9-14-7-5-4-6-8-14/h4-8,12H,2-3,9-11,13H2,1H3,(H,20,21). The highest BCUT2D eigenvalue weighted by Crippen LogP contribution is 2.08. The quantitative estimate of drug-likeness (QED) is 0.510. The first-order chi connectivity index (χ1) is 12.1. The number of ether oxygens (including phenoxy) is 1. The van der Waals surface area contributed by atoms with E-state index in [-0.39, 0.29) is 17.9 Å². The lowest BCUT2D eigenvalue weighted by Gasteiger charge is -2.11. The van der Waals surface area contributed by atoms with E-state index >= 15 is 0 Å². The van der Waals surface area contributed by atoms with Crippen LogP contribution >= 0.6 is 15.9 Å². The zero-order chi connectivity index (χ0) is 18.1. The second-order valence-corrected chi connectivity index (χ2v) is 6.37. The Bertz CT molecular complexity index is 747. The van der Waals surface area contributed by atoms with E-state index in [9.17, 15) is 9.59 Å². The molecule has 7 heteroatoms. The van der Waals surface area contributed by atoms with Crippen molar-refractivity contribution in [3.63, 3.8) is 0 Å². The van der Waals surface area contributed by atoms with Gasteiger partial charge in [0.15, 0.2) is 5.82 Å². The summed E-state index contributed by atoms with van der Waals surface area (Å²) in [5.74, 6) is -0.210. The summed E-state index contributed by atoms with van der Waals surface area (Å²) in [5.41, 5.74) is 0.821. The van der Waals surface area contributed by atoms with Gasteiger partial charge in [-0.1, -0.05) is 43.7 Å². The normalized spacial score (nSPS) is 10.5. The van der Waals surface area contributed by atoms with Crippen molar-refractivity contribution in [3.05, 3.63) is 57.0 Å². The number of aromatic nitrogens is 2. The molecule has 1 N–H and O–H groups in total. The number of rotatable bonds is 9. The molecular weight excluding hydrogens is 386 g/mol.